The maximum atomic E-state index is 16.6. The van der Waals surface area contributed by atoms with E-state index in [1.165, 1.54) is 13.8 Å². The molecule has 3 aromatic rings. The number of hydrogen-bond donors (Lipinski definition) is 2. The van der Waals surface area contributed by atoms with Crippen LogP contribution in [0.25, 0.3) is 11.1 Å². The van der Waals surface area contributed by atoms with Crippen molar-refractivity contribution in [3.63, 3.8) is 0 Å². The third-order valence-electron chi connectivity index (χ3n) is 9.53. The van der Waals surface area contributed by atoms with Crippen LogP contribution < -0.4 is 10.9 Å². The second-order valence-electron chi connectivity index (χ2n) is 14.0. The number of terminal acetylenes is 1. The number of ether oxygens (including phenoxy) is 1. The van der Waals surface area contributed by atoms with E-state index in [0.29, 0.717) is 19.2 Å². The van der Waals surface area contributed by atoms with Crippen molar-refractivity contribution in [1.82, 2.24) is 14.8 Å². The largest absolute Gasteiger partial charge is 0.481 e. The van der Waals surface area contributed by atoms with Gasteiger partial charge in [-0.1, -0.05) is 19.8 Å². The number of hydrogen-bond acceptors (Lipinski definition) is 5. The lowest BCUT2D eigenvalue weighted by molar-refractivity contribution is -0.180. The molecule has 4 atom stereocenters. The number of benzene rings is 2. The normalized spacial score (nSPS) is 18.4. The fourth-order valence-electron chi connectivity index (χ4n) is 7.28. The number of pyridine rings is 1. The second kappa shape index (κ2) is 15.2. The van der Waals surface area contributed by atoms with Crippen molar-refractivity contribution in [2.45, 2.75) is 83.8 Å². The molecule has 2 aromatic carbocycles. The molecule has 1 amide bonds. The quantitative estimate of drug-likeness (QED) is 0.163. The average Bonchev–Trinajstić information content (AvgIpc) is 3.02. The number of alkyl halides is 3. The number of halogens is 6. The van der Waals surface area contributed by atoms with E-state index in [4.69, 9.17) is 11.2 Å². The number of rotatable bonds is 12. The SMILES string of the molecule is C#Cc1cc(F)c([C@H](CC(=O)O)NC(=O)[C@@H](CC(C)C)n2cc(CCN3CC4CC(C3)O4)c(C(F)(F)F)cc2=O)c(F)c1-c1c(C)cc(F)cc1C. The van der Waals surface area contributed by atoms with Crippen LogP contribution in [0.15, 0.2) is 35.3 Å². The Kier molecular flexibility index (Phi) is 11.3. The first-order chi connectivity index (χ1) is 24.4. The first-order valence-electron chi connectivity index (χ1n) is 16.9. The van der Waals surface area contributed by atoms with Crippen LogP contribution in [-0.4, -0.2) is 58.3 Å². The molecule has 14 heteroatoms. The van der Waals surface area contributed by atoms with Gasteiger partial charge in [-0.3, -0.25) is 19.3 Å². The Morgan fingerprint density at radius 3 is 2.21 bits per heavy atom. The summed E-state index contributed by atoms with van der Waals surface area (Å²) in [4.78, 5) is 41.4. The monoisotopic (exact) mass is 731 g/mol. The van der Waals surface area contributed by atoms with Crippen LogP contribution in [0.2, 0.25) is 0 Å². The molecule has 3 aliphatic rings. The minimum Gasteiger partial charge on any atom is -0.481 e. The smallest absolute Gasteiger partial charge is 0.416 e. The Bertz CT molecular complexity index is 1950. The minimum atomic E-state index is -4.87. The average molecular weight is 732 g/mol. The molecule has 6 rings (SSSR count). The predicted molar refractivity (Wildman–Crippen MR) is 180 cm³/mol. The Balaban J connectivity index is 1.56. The molecule has 3 saturated heterocycles. The van der Waals surface area contributed by atoms with Crippen molar-refractivity contribution in [3.8, 4) is 23.5 Å². The molecule has 2 bridgehead atoms. The lowest BCUT2D eigenvalue weighted by Crippen LogP contribution is -2.57. The zero-order valence-corrected chi connectivity index (χ0v) is 29.0. The summed E-state index contributed by atoms with van der Waals surface area (Å²) in [6.07, 6.45) is 1.43. The number of aliphatic carboxylic acids is 1. The molecule has 4 heterocycles. The molecule has 0 spiro atoms. The van der Waals surface area contributed by atoms with Gasteiger partial charge in [0.1, 0.15) is 23.5 Å². The maximum absolute atomic E-state index is 16.6. The molecule has 0 radical (unpaired) electrons. The van der Waals surface area contributed by atoms with E-state index < -0.39 is 70.7 Å². The van der Waals surface area contributed by atoms with E-state index in [2.05, 4.69) is 11.2 Å². The van der Waals surface area contributed by atoms with Crippen LogP contribution in [0, 0.1) is 49.6 Å². The topological polar surface area (TPSA) is 101 Å². The summed E-state index contributed by atoms with van der Waals surface area (Å²) in [7, 11) is 0. The number of aryl methyl sites for hydroxylation is 2. The van der Waals surface area contributed by atoms with E-state index in [9.17, 15) is 37.1 Å². The van der Waals surface area contributed by atoms with Gasteiger partial charge in [-0.2, -0.15) is 13.2 Å². The summed E-state index contributed by atoms with van der Waals surface area (Å²) in [6.45, 7) is 7.72. The number of piperidine rings is 1. The van der Waals surface area contributed by atoms with Gasteiger partial charge in [-0.25, -0.2) is 13.2 Å². The number of nitrogens with one attached hydrogen (secondary N) is 1. The van der Waals surface area contributed by atoms with Gasteiger partial charge in [0.25, 0.3) is 5.56 Å². The summed E-state index contributed by atoms with van der Waals surface area (Å²) in [5, 5.41) is 12.2. The molecule has 2 N–H and O–H groups in total. The van der Waals surface area contributed by atoms with Crippen molar-refractivity contribution in [3.05, 3.63) is 91.6 Å². The van der Waals surface area contributed by atoms with Crippen molar-refractivity contribution in [2.24, 2.45) is 5.92 Å². The molecule has 1 aromatic heterocycles. The van der Waals surface area contributed by atoms with Crippen molar-refractivity contribution >= 4 is 11.9 Å². The number of amides is 1. The molecule has 0 saturated carbocycles. The van der Waals surface area contributed by atoms with Gasteiger partial charge in [0.2, 0.25) is 5.91 Å². The summed E-state index contributed by atoms with van der Waals surface area (Å²) in [5.74, 6) is -3.86. The molecule has 0 aliphatic carbocycles. The third kappa shape index (κ3) is 8.21. The van der Waals surface area contributed by atoms with Gasteiger partial charge in [0.15, 0.2) is 0 Å². The van der Waals surface area contributed by atoms with Gasteiger partial charge >= 0.3 is 12.1 Å². The van der Waals surface area contributed by atoms with Crippen LogP contribution in [0.3, 0.4) is 0 Å². The third-order valence-corrected chi connectivity index (χ3v) is 9.53. The van der Waals surface area contributed by atoms with Gasteiger partial charge in [-0.05, 0) is 73.1 Å². The van der Waals surface area contributed by atoms with Gasteiger partial charge in [0, 0.05) is 55.0 Å². The highest BCUT2D eigenvalue weighted by Crippen LogP contribution is 2.39. The number of carbonyl (C=O) groups excluding carboxylic acids is 1. The molecule has 278 valence electrons. The zero-order valence-electron chi connectivity index (χ0n) is 29.0. The summed E-state index contributed by atoms with van der Waals surface area (Å²) >= 11 is 0. The van der Waals surface area contributed by atoms with Crippen LogP contribution in [0.5, 0.6) is 0 Å². The summed E-state index contributed by atoms with van der Waals surface area (Å²) in [5.41, 5.74) is -3.26. The van der Waals surface area contributed by atoms with Crippen LogP contribution in [-0.2, 0) is 26.9 Å². The standard InChI is InChI=1S/C38H39F6N3O5/c1-6-22-12-28(40)35(36(41)34(22)33-20(4)10-24(39)11-21(33)5)29(15-32(49)50)45-37(51)30(9-19(2)3)47-16-23(27(14-31(47)48)38(42,43)44)7-8-46-17-25-13-26(18-46)52-25/h1,10-12,14,16,19,25-26,29-30H,7-9,13,15,17-18H2,2-5H3,(H,45,51)(H,49,50)/t25?,26?,29-,30+/m0/s1. The second-order valence-corrected chi connectivity index (χ2v) is 14.0. The predicted octanol–water partition coefficient (Wildman–Crippen LogP) is 6.48. The lowest BCUT2D eigenvalue weighted by atomic mass is 9.88. The Morgan fingerprint density at radius 2 is 1.67 bits per heavy atom. The molecular formula is C38H39F6N3O5. The molecule has 8 nitrogen and oxygen atoms in total. The molecule has 3 aliphatic heterocycles. The highest BCUT2D eigenvalue weighted by molar-refractivity contribution is 5.83. The Morgan fingerprint density at radius 1 is 1.06 bits per heavy atom. The van der Waals surface area contributed by atoms with E-state index in [-0.39, 0.29) is 70.9 Å². The van der Waals surface area contributed by atoms with Crippen molar-refractivity contribution in [1.29, 1.82) is 0 Å². The number of carbonyl (C=O) groups is 2. The summed E-state index contributed by atoms with van der Waals surface area (Å²) in [6, 6.07) is 0.142. The Labute approximate surface area is 296 Å². The molecule has 52 heavy (non-hydrogen) atoms. The summed E-state index contributed by atoms with van der Waals surface area (Å²) < 4.78 is 95.5. The number of morpholine rings is 1. The molecular weight excluding hydrogens is 692 g/mol. The minimum absolute atomic E-state index is 0.0184. The fraction of sp³-hybridized carbons (Fsp3) is 0.447. The van der Waals surface area contributed by atoms with Crippen LogP contribution >= 0.6 is 0 Å². The number of aromatic nitrogens is 1. The number of fused-ring (bicyclic) bond motifs is 2. The first-order valence-corrected chi connectivity index (χ1v) is 16.9. The van der Waals surface area contributed by atoms with Gasteiger partial charge in [-0.15, -0.1) is 6.42 Å². The number of carboxylic acid groups (broad SMARTS) is 1. The van der Waals surface area contributed by atoms with Crippen LogP contribution in [0.4, 0.5) is 26.3 Å². The molecule has 3 fully saturated rings. The van der Waals surface area contributed by atoms with E-state index in [0.717, 1.165) is 35.4 Å². The van der Waals surface area contributed by atoms with E-state index in [1.807, 2.05) is 4.90 Å². The highest BCUT2D eigenvalue weighted by Gasteiger charge is 2.40. The Hall–Kier alpha value is -4.61. The highest BCUT2D eigenvalue weighted by atomic mass is 19.4. The first kappa shape index (κ1) is 38.6. The van der Waals surface area contributed by atoms with Gasteiger partial charge in [0.05, 0.1) is 30.2 Å². The fourth-order valence-corrected chi connectivity index (χ4v) is 7.28. The van der Waals surface area contributed by atoms with E-state index in [1.54, 1.807) is 13.8 Å². The van der Waals surface area contributed by atoms with Crippen molar-refractivity contribution < 1.29 is 45.8 Å². The zero-order chi connectivity index (χ0) is 38.2. The molecule has 2 unspecified atom stereocenters. The number of nitrogens with zero attached hydrogens (tertiary/aromatic N) is 2. The van der Waals surface area contributed by atoms with E-state index >= 15 is 8.78 Å². The number of carboxylic acids is 1. The maximum Gasteiger partial charge on any atom is 0.416 e. The van der Waals surface area contributed by atoms with Crippen molar-refractivity contribution in [2.75, 3.05) is 19.6 Å². The van der Waals surface area contributed by atoms with Crippen LogP contribution in [0.1, 0.15) is 78.6 Å². The lowest BCUT2D eigenvalue weighted by Gasteiger charge is -2.47. The van der Waals surface area contributed by atoms with Gasteiger partial charge < -0.3 is 19.7 Å².